The number of carbonyl (C=O) groups is 1. The van der Waals surface area contributed by atoms with Gasteiger partial charge in [-0.15, -0.1) is 11.6 Å². The number of hydrogen-bond acceptors (Lipinski definition) is 3. The Bertz CT molecular complexity index is 649. The van der Waals surface area contributed by atoms with Gasteiger partial charge in [-0.05, 0) is 26.0 Å². The fraction of sp³-hybridized carbons (Fsp3) is 0.429. The lowest BCUT2D eigenvalue weighted by atomic mass is 9.99. The molecule has 2 aromatic rings. The standard InChI is InChI=1S/C14H18ClN3O2/c1-14(2,7-12(16)19)18-11-6-9(20-3)4-5-10(11)17-13(18)8-15/h4-6H,7-8H2,1-3H3,(H2,16,19). The molecular weight excluding hydrogens is 278 g/mol. The summed E-state index contributed by atoms with van der Waals surface area (Å²) in [5, 5.41) is 0. The summed E-state index contributed by atoms with van der Waals surface area (Å²) in [7, 11) is 1.61. The Morgan fingerprint density at radius 2 is 2.20 bits per heavy atom. The molecule has 0 saturated heterocycles. The number of halogens is 1. The molecule has 2 rings (SSSR count). The van der Waals surface area contributed by atoms with E-state index in [4.69, 9.17) is 22.1 Å². The first-order chi connectivity index (χ1) is 9.39. The van der Waals surface area contributed by atoms with Gasteiger partial charge in [-0.25, -0.2) is 4.98 Å². The molecular formula is C14H18ClN3O2. The quantitative estimate of drug-likeness (QED) is 0.861. The fourth-order valence-electron chi connectivity index (χ4n) is 2.50. The van der Waals surface area contributed by atoms with Crippen LogP contribution in [0.15, 0.2) is 18.2 Å². The van der Waals surface area contributed by atoms with Gasteiger partial charge in [0.2, 0.25) is 5.91 Å². The second kappa shape index (κ2) is 5.32. The third kappa shape index (κ3) is 2.58. The average molecular weight is 296 g/mol. The highest BCUT2D eigenvalue weighted by molar-refractivity contribution is 6.16. The van der Waals surface area contributed by atoms with Crippen molar-refractivity contribution in [3.63, 3.8) is 0 Å². The summed E-state index contributed by atoms with van der Waals surface area (Å²) in [6, 6.07) is 5.61. The molecule has 1 amide bonds. The van der Waals surface area contributed by atoms with Crippen LogP contribution in [0.3, 0.4) is 0 Å². The number of hydrogen-bond donors (Lipinski definition) is 1. The highest BCUT2D eigenvalue weighted by Gasteiger charge is 2.27. The zero-order valence-electron chi connectivity index (χ0n) is 11.8. The Labute approximate surface area is 122 Å². The number of aromatic nitrogens is 2. The van der Waals surface area contributed by atoms with Crippen LogP contribution in [0.25, 0.3) is 11.0 Å². The van der Waals surface area contributed by atoms with Crippen LogP contribution in [-0.2, 0) is 16.2 Å². The number of nitrogens with zero attached hydrogens (tertiary/aromatic N) is 2. The topological polar surface area (TPSA) is 70.1 Å². The average Bonchev–Trinajstić information content (AvgIpc) is 2.75. The molecule has 0 fully saturated rings. The van der Waals surface area contributed by atoms with Crippen molar-refractivity contribution in [1.29, 1.82) is 0 Å². The zero-order chi connectivity index (χ0) is 14.9. The first-order valence-electron chi connectivity index (χ1n) is 6.29. The van der Waals surface area contributed by atoms with Crippen LogP contribution in [0.1, 0.15) is 26.1 Å². The van der Waals surface area contributed by atoms with Crippen molar-refractivity contribution in [3.05, 3.63) is 24.0 Å². The van der Waals surface area contributed by atoms with E-state index in [0.29, 0.717) is 5.82 Å². The molecule has 1 aromatic carbocycles. The lowest BCUT2D eigenvalue weighted by Gasteiger charge is -2.28. The number of methoxy groups -OCH3 is 1. The first-order valence-corrected chi connectivity index (χ1v) is 6.82. The summed E-state index contributed by atoms with van der Waals surface area (Å²) in [5.41, 5.74) is 6.54. The molecule has 20 heavy (non-hydrogen) atoms. The van der Waals surface area contributed by atoms with E-state index >= 15 is 0 Å². The minimum Gasteiger partial charge on any atom is -0.497 e. The maximum atomic E-state index is 11.3. The molecule has 0 spiro atoms. The Hall–Kier alpha value is -1.75. The van der Waals surface area contributed by atoms with Crippen molar-refractivity contribution in [1.82, 2.24) is 9.55 Å². The van der Waals surface area contributed by atoms with E-state index in [1.165, 1.54) is 0 Å². The number of carbonyl (C=O) groups excluding carboxylic acids is 1. The van der Waals surface area contributed by atoms with Gasteiger partial charge in [0.1, 0.15) is 11.6 Å². The number of imidazole rings is 1. The molecule has 0 aliphatic heterocycles. The Balaban J connectivity index is 2.67. The highest BCUT2D eigenvalue weighted by atomic mass is 35.5. The van der Waals surface area contributed by atoms with Crippen molar-refractivity contribution in [2.45, 2.75) is 31.7 Å². The SMILES string of the molecule is COc1ccc2nc(CCl)n(C(C)(C)CC(N)=O)c2c1. The number of rotatable bonds is 5. The van der Waals surface area contributed by atoms with E-state index in [1.807, 2.05) is 36.6 Å². The van der Waals surface area contributed by atoms with Crippen LogP contribution < -0.4 is 10.5 Å². The predicted octanol–water partition coefficient (Wildman–Crippen LogP) is 2.39. The molecule has 1 aromatic heterocycles. The summed E-state index contributed by atoms with van der Waals surface area (Å²) < 4.78 is 7.21. The van der Waals surface area contributed by atoms with Crippen molar-refractivity contribution in [2.24, 2.45) is 5.73 Å². The van der Waals surface area contributed by atoms with E-state index in [-0.39, 0.29) is 18.2 Å². The van der Waals surface area contributed by atoms with Crippen LogP contribution in [0.2, 0.25) is 0 Å². The summed E-state index contributed by atoms with van der Waals surface area (Å²) in [4.78, 5) is 15.8. The molecule has 0 aliphatic carbocycles. The van der Waals surface area contributed by atoms with Gasteiger partial charge in [0, 0.05) is 18.0 Å². The summed E-state index contributed by atoms with van der Waals surface area (Å²) >= 11 is 5.99. The third-order valence-corrected chi connectivity index (χ3v) is 3.50. The molecule has 0 bridgehead atoms. The van der Waals surface area contributed by atoms with Crippen molar-refractivity contribution in [3.8, 4) is 5.75 Å². The Morgan fingerprint density at radius 3 is 2.75 bits per heavy atom. The normalized spacial score (nSPS) is 11.8. The van der Waals surface area contributed by atoms with E-state index in [9.17, 15) is 4.79 Å². The van der Waals surface area contributed by atoms with Gasteiger partial charge in [-0.3, -0.25) is 4.79 Å². The van der Waals surface area contributed by atoms with Gasteiger partial charge in [-0.2, -0.15) is 0 Å². The molecule has 0 saturated carbocycles. The second-order valence-electron chi connectivity index (χ2n) is 5.31. The van der Waals surface area contributed by atoms with E-state index in [1.54, 1.807) is 7.11 Å². The number of ether oxygens (including phenoxy) is 1. The summed E-state index contributed by atoms with van der Waals surface area (Å²) in [6.45, 7) is 3.88. The third-order valence-electron chi connectivity index (χ3n) is 3.26. The highest BCUT2D eigenvalue weighted by Crippen LogP contribution is 2.30. The van der Waals surface area contributed by atoms with Gasteiger partial charge in [0.15, 0.2) is 0 Å². The number of benzene rings is 1. The molecule has 0 radical (unpaired) electrons. The van der Waals surface area contributed by atoms with Crippen molar-refractivity contribution >= 4 is 28.5 Å². The molecule has 6 heteroatoms. The largest absolute Gasteiger partial charge is 0.497 e. The smallest absolute Gasteiger partial charge is 0.219 e. The maximum Gasteiger partial charge on any atom is 0.219 e. The van der Waals surface area contributed by atoms with E-state index in [0.717, 1.165) is 16.8 Å². The van der Waals surface area contributed by atoms with Crippen LogP contribution in [0.5, 0.6) is 5.75 Å². The van der Waals surface area contributed by atoms with Crippen LogP contribution in [0, 0.1) is 0 Å². The van der Waals surface area contributed by atoms with Gasteiger partial charge in [0.25, 0.3) is 0 Å². The van der Waals surface area contributed by atoms with E-state index < -0.39 is 5.54 Å². The van der Waals surface area contributed by atoms with Crippen LogP contribution >= 0.6 is 11.6 Å². The van der Waals surface area contributed by atoms with Crippen LogP contribution in [0.4, 0.5) is 0 Å². The molecule has 2 N–H and O–H groups in total. The first kappa shape index (κ1) is 14.7. The molecule has 1 heterocycles. The summed E-state index contributed by atoms with van der Waals surface area (Å²) in [6.07, 6.45) is 0.208. The van der Waals surface area contributed by atoms with Gasteiger partial charge in [0.05, 0.1) is 24.0 Å². The molecule has 5 nitrogen and oxygen atoms in total. The Morgan fingerprint density at radius 1 is 1.50 bits per heavy atom. The molecule has 0 unspecified atom stereocenters. The van der Waals surface area contributed by atoms with Gasteiger partial charge >= 0.3 is 0 Å². The second-order valence-corrected chi connectivity index (χ2v) is 5.57. The molecule has 108 valence electrons. The monoisotopic (exact) mass is 295 g/mol. The van der Waals surface area contributed by atoms with Crippen molar-refractivity contribution in [2.75, 3.05) is 7.11 Å². The summed E-state index contributed by atoms with van der Waals surface area (Å²) in [5.74, 6) is 1.34. The number of fused-ring (bicyclic) bond motifs is 1. The predicted molar refractivity (Wildman–Crippen MR) is 79.0 cm³/mol. The number of primary amides is 1. The number of amides is 1. The maximum absolute atomic E-state index is 11.3. The molecule has 0 atom stereocenters. The number of alkyl halides is 1. The van der Waals surface area contributed by atoms with Crippen molar-refractivity contribution < 1.29 is 9.53 Å². The minimum absolute atomic E-state index is 0.208. The Kier molecular flexibility index (Phi) is 3.90. The molecule has 0 aliphatic rings. The van der Waals surface area contributed by atoms with Gasteiger partial charge < -0.3 is 15.0 Å². The lowest BCUT2D eigenvalue weighted by Crippen LogP contribution is -2.33. The zero-order valence-corrected chi connectivity index (χ0v) is 12.6. The van der Waals surface area contributed by atoms with E-state index in [2.05, 4.69) is 4.98 Å². The lowest BCUT2D eigenvalue weighted by molar-refractivity contribution is -0.119. The number of nitrogens with two attached hydrogens (primary N) is 1. The van der Waals surface area contributed by atoms with Crippen LogP contribution in [-0.4, -0.2) is 22.6 Å². The minimum atomic E-state index is -0.503. The van der Waals surface area contributed by atoms with Gasteiger partial charge in [-0.1, -0.05) is 0 Å². The fourth-order valence-corrected chi connectivity index (χ4v) is 2.68.